The largest absolute Gasteiger partial charge is 0.400 e. The monoisotopic (exact) mass is 450 g/mol. The SMILES string of the molecule is CC1CCC(CNc2cc(Cl)c(-c3ccc(N)c(C(=O)N(C)C)c3F)cn2)CC1.CO. The molecule has 0 saturated heterocycles. The summed E-state index contributed by atoms with van der Waals surface area (Å²) in [6, 6.07) is 4.74. The number of carbonyl (C=O) groups excluding carboxylic acids is 1. The number of carbonyl (C=O) groups is 1. The van der Waals surface area contributed by atoms with Crippen molar-refractivity contribution in [1.82, 2.24) is 9.88 Å². The molecule has 3 rings (SSSR count). The molecule has 8 heteroatoms. The number of amides is 1. The lowest BCUT2D eigenvalue weighted by atomic mass is 9.83. The number of rotatable bonds is 5. The summed E-state index contributed by atoms with van der Waals surface area (Å²) in [6.45, 7) is 3.16. The molecular weight excluding hydrogens is 419 g/mol. The number of halogens is 2. The minimum atomic E-state index is -0.690. The number of hydrogen-bond donors (Lipinski definition) is 3. The van der Waals surface area contributed by atoms with Crippen LogP contribution in [0.25, 0.3) is 11.1 Å². The van der Waals surface area contributed by atoms with Crippen LogP contribution in [0.5, 0.6) is 0 Å². The zero-order valence-corrected chi connectivity index (χ0v) is 19.3. The number of aromatic nitrogens is 1. The molecule has 6 nitrogen and oxygen atoms in total. The predicted molar refractivity (Wildman–Crippen MR) is 125 cm³/mol. The summed E-state index contributed by atoms with van der Waals surface area (Å²) < 4.78 is 15.1. The van der Waals surface area contributed by atoms with Crippen LogP contribution in [0.4, 0.5) is 15.9 Å². The summed E-state index contributed by atoms with van der Waals surface area (Å²) >= 11 is 6.44. The molecular formula is C23H32ClFN4O2. The van der Waals surface area contributed by atoms with Crippen molar-refractivity contribution < 1.29 is 14.3 Å². The Balaban J connectivity index is 0.00000166. The van der Waals surface area contributed by atoms with E-state index in [1.165, 1.54) is 48.9 Å². The van der Waals surface area contributed by atoms with Gasteiger partial charge in [-0.2, -0.15) is 0 Å². The van der Waals surface area contributed by atoms with Crippen molar-refractivity contribution in [1.29, 1.82) is 0 Å². The molecule has 1 saturated carbocycles. The number of benzene rings is 1. The quantitative estimate of drug-likeness (QED) is 0.575. The van der Waals surface area contributed by atoms with Gasteiger partial charge in [0.1, 0.15) is 11.6 Å². The van der Waals surface area contributed by atoms with Crippen LogP contribution in [0.15, 0.2) is 24.4 Å². The first-order valence-corrected chi connectivity index (χ1v) is 10.8. The average molecular weight is 451 g/mol. The van der Waals surface area contributed by atoms with E-state index in [-0.39, 0.29) is 16.8 Å². The average Bonchev–Trinajstić information content (AvgIpc) is 2.75. The molecule has 0 atom stereocenters. The number of nitrogens with two attached hydrogens (primary N) is 1. The lowest BCUT2D eigenvalue weighted by molar-refractivity contribution is 0.0824. The first kappa shape index (κ1) is 24.9. The first-order chi connectivity index (χ1) is 14.8. The van der Waals surface area contributed by atoms with Crippen molar-refractivity contribution in [2.75, 3.05) is 38.8 Å². The van der Waals surface area contributed by atoms with Gasteiger partial charge in [-0.15, -0.1) is 0 Å². The van der Waals surface area contributed by atoms with E-state index in [0.717, 1.165) is 19.6 Å². The Morgan fingerprint density at radius 1 is 1.26 bits per heavy atom. The Labute approximate surface area is 188 Å². The van der Waals surface area contributed by atoms with Crippen LogP contribution in [0.1, 0.15) is 43.0 Å². The highest BCUT2D eigenvalue weighted by atomic mass is 35.5. The molecule has 1 amide bonds. The Morgan fingerprint density at radius 2 is 1.90 bits per heavy atom. The molecule has 0 aliphatic heterocycles. The molecule has 1 aliphatic carbocycles. The molecule has 1 aromatic heterocycles. The summed E-state index contributed by atoms with van der Waals surface area (Å²) in [6.07, 6.45) is 6.51. The van der Waals surface area contributed by atoms with Gasteiger partial charge in [0, 0.05) is 50.8 Å². The highest BCUT2D eigenvalue weighted by Gasteiger charge is 2.22. The summed E-state index contributed by atoms with van der Waals surface area (Å²) in [4.78, 5) is 18.0. The van der Waals surface area contributed by atoms with Crippen molar-refractivity contribution in [2.24, 2.45) is 11.8 Å². The zero-order chi connectivity index (χ0) is 23.1. The minimum Gasteiger partial charge on any atom is -0.400 e. The molecule has 0 radical (unpaired) electrons. The van der Waals surface area contributed by atoms with Crippen LogP contribution in [0.3, 0.4) is 0 Å². The second-order valence-electron chi connectivity index (χ2n) is 8.15. The number of nitrogens with one attached hydrogen (secondary N) is 1. The van der Waals surface area contributed by atoms with Crippen LogP contribution in [-0.2, 0) is 0 Å². The maximum Gasteiger partial charge on any atom is 0.258 e. The number of hydrogen-bond acceptors (Lipinski definition) is 5. The van der Waals surface area contributed by atoms with Crippen molar-refractivity contribution in [3.8, 4) is 11.1 Å². The summed E-state index contributed by atoms with van der Waals surface area (Å²) in [7, 11) is 4.10. The number of aliphatic hydroxyl groups excluding tert-OH is 1. The van der Waals surface area contributed by atoms with Gasteiger partial charge in [0.15, 0.2) is 0 Å². The van der Waals surface area contributed by atoms with Crippen LogP contribution in [0, 0.1) is 17.7 Å². The molecule has 31 heavy (non-hydrogen) atoms. The Hall–Kier alpha value is -2.38. The van der Waals surface area contributed by atoms with Gasteiger partial charge in [0.2, 0.25) is 0 Å². The van der Waals surface area contributed by atoms with Crippen molar-refractivity contribution in [3.05, 3.63) is 40.8 Å². The maximum absolute atomic E-state index is 15.1. The zero-order valence-electron chi connectivity index (χ0n) is 18.6. The lowest BCUT2D eigenvalue weighted by Crippen LogP contribution is -2.24. The van der Waals surface area contributed by atoms with E-state index in [9.17, 15) is 4.79 Å². The van der Waals surface area contributed by atoms with Crippen LogP contribution in [-0.4, -0.2) is 48.6 Å². The van der Waals surface area contributed by atoms with E-state index in [0.29, 0.717) is 22.3 Å². The molecule has 1 aliphatic rings. The molecule has 1 fully saturated rings. The molecule has 0 unspecified atom stereocenters. The van der Waals surface area contributed by atoms with E-state index in [1.807, 2.05) is 0 Å². The maximum atomic E-state index is 15.1. The Kier molecular flexibility index (Phi) is 9.07. The van der Waals surface area contributed by atoms with Crippen LogP contribution < -0.4 is 11.1 Å². The first-order valence-electron chi connectivity index (χ1n) is 10.4. The highest BCUT2D eigenvalue weighted by Crippen LogP contribution is 2.34. The molecule has 0 spiro atoms. The second-order valence-corrected chi connectivity index (χ2v) is 8.55. The van der Waals surface area contributed by atoms with Crippen molar-refractivity contribution >= 4 is 29.0 Å². The summed E-state index contributed by atoms with van der Waals surface area (Å²) in [5, 5.41) is 10.7. The second kappa shape index (κ2) is 11.3. The fourth-order valence-electron chi connectivity index (χ4n) is 3.75. The molecule has 2 aromatic rings. The summed E-state index contributed by atoms with van der Waals surface area (Å²) in [5.74, 6) is 0.936. The van der Waals surface area contributed by atoms with Crippen LogP contribution >= 0.6 is 11.6 Å². The smallest absolute Gasteiger partial charge is 0.258 e. The number of nitrogen functional groups attached to an aromatic ring is 1. The third-order valence-electron chi connectivity index (χ3n) is 5.65. The standard InChI is InChI=1S/C22H28ClFN4O.CH4O/c1-13-4-6-14(7-5-13)11-26-19-10-17(23)16(12-27-19)15-8-9-18(25)20(21(15)24)22(29)28(2)3;1-2/h8-10,12-14H,4-7,11,25H2,1-3H3,(H,26,27);2H,1H3. The van der Waals surface area contributed by atoms with Gasteiger partial charge in [-0.1, -0.05) is 31.4 Å². The fourth-order valence-corrected chi connectivity index (χ4v) is 4.00. The third kappa shape index (κ3) is 6.08. The number of anilines is 2. The minimum absolute atomic E-state index is 0.0918. The predicted octanol–water partition coefficient (Wildman–Crippen LogP) is 4.67. The van der Waals surface area contributed by atoms with Gasteiger partial charge in [0.25, 0.3) is 5.91 Å². The van der Waals surface area contributed by atoms with Crippen LogP contribution in [0.2, 0.25) is 5.02 Å². The van der Waals surface area contributed by atoms with Gasteiger partial charge in [-0.3, -0.25) is 4.79 Å². The van der Waals surface area contributed by atoms with Gasteiger partial charge < -0.3 is 21.1 Å². The van der Waals surface area contributed by atoms with E-state index in [2.05, 4.69) is 17.2 Å². The Morgan fingerprint density at radius 3 is 2.48 bits per heavy atom. The topological polar surface area (TPSA) is 91.5 Å². The van der Waals surface area contributed by atoms with E-state index in [1.54, 1.807) is 20.2 Å². The van der Waals surface area contributed by atoms with Gasteiger partial charge in [-0.05, 0) is 42.9 Å². The number of aliphatic hydroxyl groups is 1. The molecule has 0 bridgehead atoms. The van der Waals surface area contributed by atoms with Gasteiger partial charge >= 0.3 is 0 Å². The van der Waals surface area contributed by atoms with E-state index < -0.39 is 11.7 Å². The lowest BCUT2D eigenvalue weighted by Gasteiger charge is -2.26. The number of pyridine rings is 1. The van der Waals surface area contributed by atoms with Gasteiger partial charge in [0.05, 0.1) is 10.6 Å². The number of nitrogens with zero attached hydrogens (tertiary/aromatic N) is 2. The molecule has 1 heterocycles. The van der Waals surface area contributed by atoms with E-state index >= 15 is 4.39 Å². The molecule has 170 valence electrons. The van der Waals surface area contributed by atoms with Gasteiger partial charge in [-0.25, -0.2) is 9.37 Å². The Bertz CT molecular complexity index is 899. The highest BCUT2D eigenvalue weighted by molar-refractivity contribution is 6.33. The van der Waals surface area contributed by atoms with Crippen molar-refractivity contribution in [2.45, 2.75) is 32.6 Å². The molecule has 4 N–H and O–H groups in total. The fraction of sp³-hybridized carbons (Fsp3) is 0.478. The van der Waals surface area contributed by atoms with Crippen molar-refractivity contribution in [3.63, 3.8) is 0 Å². The summed E-state index contributed by atoms with van der Waals surface area (Å²) in [5.41, 5.74) is 6.41. The third-order valence-corrected chi connectivity index (χ3v) is 5.96. The van der Waals surface area contributed by atoms with E-state index in [4.69, 9.17) is 22.4 Å². The normalized spacial score (nSPS) is 18.0. The molecule has 1 aromatic carbocycles.